The molecule has 14 heavy (non-hydrogen) atoms. The van der Waals surface area contributed by atoms with Crippen LogP contribution in [0.4, 0.5) is 10.8 Å². The fourth-order valence-corrected chi connectivity index (χ4v) is 2.49. The molecule has 0 fully saturated rings. The first-order valence-electron chi connectivity index (χ1n) is 4.47. The molecule has 0 atom stereocenters. The molecule has 0 bridgehead atoms. The van der Waals surface area contributed by atoms with Gasteiger partial charge in [-0.05, 0) is 23.2 Å². The topological polar surface area (TPSA) is 50.9 Å². The molecule has 0 aliphatic carbocycles. The molecule has 0 saturated heterocycles. The van der Waals surface area contributed by atoms with Gasteiger partial charge in [-0.1, -0.05) is 20.8 Å². The fraction of sp³-hybridized carbons (Fsp3) is 0.667. The Morgan fingerprint density at radius 2 is 2.14 bits per heavy atom. The van der Waals surface area contributed by atoms with Crippen LogP contribution in [0, 0.1) is 5.41 Å². The number of nitrogen functional groups attached to an aromatic ring is 1. The van der Waals surface area contributed by atoms with Gasteiger partial charge in [0.1, 0.15) is 5.00 Å². The van der Waals surface area contributed by atoms with E-state index in [-0.39, 0.29) is 5.41 Å². The summed E-state index contributed by atoms with van der Waals surface area (Å²) >= 11 is 3.07. The Labute approximate surface area is 93.6 Å². The number of nitrogens with one attached hydrogen (secondary N) is 1. The largest absolute Gasteiger partial charge is 0.382 e. The van der Waals surface area contributed by atoms with Crippen molar-refractivity contribution < 1.29 is 0 Å². The van der Waals surface area contributed by atoms with Crippen molar-refractivity contribution in [3.8, 4) is 0 Å². The lowest BCUT2D eigenvalue weighted by molar-refractivity contribution is 0.443. The summed E-state index contributed by atoms with van der Waals surface area (Å²) in [6, 6.07) is 0. The molecular formula is C9H17N3S2. The number of nitrogens with zero attached hydrogens (tertiary/aromatic N) is 1. The molecule has 0 spiro atoms. The Morgan fingerprint density at radius 1 is 1.50 bits per heavy atom. The lowest BCUT2D eigenvalue weighted by Gasteiger charge is -2.18. The van der Waals surface area contributed by atoms with Crippen LogP contribution in [0.25, 0.3) is 0 Å². The summed E-state index contributed by atoms with van der Waals surface area (Å²) in [5.41, 5.74) is 6.00. The first kappa shape index (κ1) is 11.7. The third kappa shape index (κ3) is 3.06. The monoisotopic (exact) mass is 231 g/mol. The van der Waals surface area contributed by atoms with Crippen LogP contribution in [0.1, 0.15) is 20.8 Å². The number of nitrogens with two attached hydrogens (primary N) is 1. The van der Waals surface area contributed by atoms with E-state index < -0.39 is 0 Å². The Bertz CT molecular complexity index is 301. The highest BCUT2D eigenvalue weighted by Gasteiger charge is 2.14. The van der Waals surface area contributed by atoms with E-state index in [0.29, 0.717) is 5.82 Å². The fourth-order valence-electron chi connectivity index (χ4n) is 0.949. The van der Waals surface area contributed by atoms with Crippen molar-refractivity contribution in [2.45, 2.75) is 25.7 Å². The van der Waals surface area contributed by atoms with Crippen LogP contribution in [-0.4, -0.2) is 17.2 Å². The van der Waals surface area contributed by atoms with E-state index in [2.05, 4.69) is 30.5 Å². The lowest BCUT2D eigenvalue weighted by Crippen LogP contribution is -2.18. The second-order valence-corrected chi connectivity index (χ2v) is 5.93. The number of hydrogen-bond acceptors (Lipinski definition) is 5. The van der Waals surface area contributed by atoms with Gasteiger partial charge in [0, 0.05) is 6.54 Å². The van der Waals surface area contributed by atoms with E-state index in [0.717, 1.165) is 16.4 Å². The predicted octanol–water partition coefficient (Wildman–Crippen LogP) is 2.91. The first-order valence-corrected chi connectivity index (χ1v) is 6.47. The van der Waals surface area contributed by atoms with Gasteiger partial charge in [-0.15, -0.1) is 11.8 Å². The molecule has 1 rings (SSSR count). The van der Waals surface area contributed by atoms with Crippen LogP contribution < -0.4 is 11.1 Å². The second-order valence-electron chi connectivity index (χ2n) is 4.34. The average molecular weight is 231 g/mol. The molecule has 0 aliphatic heterocycles. The van der Waals surface area contributed by atoms with Crippen molar-refractivity contribution in [2.24, 2.45) is 5.41 Å². The second kappa shape index (κ2) is 4.40. The highest BCUT2D eigenvalue weighted by atomic mass is 32.2. The molecular weight excluding hydrogens is 214 g/mol. The van der Waals surface area contributed by atoms with Crippen LogP contribution in [-0.2, 0) is 0 Å². The number of anilines is 2. The van der Waals surface area contributed by atoms with Gasteiger partial charge in [-0.3, -0.25) is 0 Å². The Balaban J connectivity index is 2.67. The standard InChI is InChI=1S/C9H17N3S2/c1-9(2,3)5-11-8-6(13-4)7(10)12-14-8/h11H,5H2,1-4H3,(H2,10,12). The van der Waals surface area contributed by atoms with Gasteiger partial charge < -0.3 is 11.1 Å². The molecule has 0 aromatic carbocycles. The summed E-state index contributed by atoms with van der Waals surface area (Å²) in [4.78, 5) is 1.07. The third-order valence-electron chi connectivity index (χ3n) is 1.66. The Kier molecular flexibility index (Phi) is 3.66. The number of hydrogen-bond donors (Lipinski definition) is 2. The first-order chi connectivity index (χ1) is 6.44. The molecule has 3 N–H and O–H groups in total. The minimum Gasteiger partial charge on any atom is -0.382 e. The molecule has 0 radical (unpaired) electrons. The summed E-state index contributed by atoms with van der Waals surface area (Å²) in [5.74, 6) is 0.638. The highest BCUT2D eigenvalue weighted by molar-refractivity contribution is 7.99. The minimum atomic E-state index is 0.272. The van der Waals surface area contributed by atoms with E-state index in [9.17, 15) is 0 Å². The van der Waals surface area contributed by atoms with Gasteiger partial charge in [0.25, 0.3) is 0 Å². The number of rotatable bonds is 3. The third-order valence-corrected chi connectivity index (χ3v) is 3.43. The molecule has 0 aliphatic rings. The van der Waals surface area contributed by atoms with Crippen molar-refractivity contribution in [3.63, 3.8) is 0 Å². The quantitative estimate of drug-likeness (QED) is 0.785. The zero-order chi connectivity index (χ0) is 10.8. The van der Waals surface area contributed by atoms with Crippen LogP contribution >= 0.6 is 23.3 Å². The van der Waals surface area contributed by atoms with Gasteiger partial charge in [0.05, 0.1) is 4.90 Å². The molecule has 0 saturated carbocycles. The minimum absolute atomic E-state index is 0.272. The van der Waals surface area contributed by atoms with Crippen LogP contribution in [0.2, 0.25) is 0 Å². The normalized spacial score (nSPS) is 11.7. The van der Waals surface area contributed by atoms with Gasteiger partial charge in [-0.2, -0.15) is 4.37 Å². The van der Waals surface area contributed by atoms with Gasteiger partial charge in [0.2, 0.25) is 0 Å². The van der Waals surface area contributed by atoms with Crippen LogP contribution in [0.3, 0.4) is 0 Å². The number of aromatic nitrogens is 1. The van der Waals surface area contributed by atoms with Crippen molar-refractivity contribution in [2.75, 3.05) is 23.9 Å². The molecule has 80 valence electrons. The Morgan fingerprint density at radius 3 is 2.64 bits per heavy atom. The summed E-state index contributed by atoms with van der Waals surface area (Å²) in [7, 11) is 0. The molecule has 5 heteroatoms. The van der Waals surface area contributed by atoms with E-state index in [1.807, 2.05) is 6.26 Å². The summed E-state index contributed by atoms with van der Waals surface area (Å²) in [6.45, 7) is 7.53. The maximum atomic E-state index is 5.73. The summed E-state index contributed by atoms with van der Waals surface area (Å²) < 4.78 is 4.12. The highest BCUT2D eigenvalue weighted by Crippen LogP contribution is 2.35. The van der Waals surface area contributed by atoms with E-state index in [1.165, 1.54) is 11.5 Å². The van der Waals surface area contributed by atoms with Crippen molar-refractivity contribution in [1.29, 1.82) is 0 Å². The molecule has 0 amide bonds. The van der Waals surface area contributed by atoms with Crippen molar-refractivity contribution in [3.05, 3.63) is 0 Å². The lowest BCUT2D eigenvalue weighted by atomic mass is 9.97. The molecule has 1 aromatic rings. The molecule has 1 aromatic heterocycles. The molecule has 3 nitrogen and oxygen atoms in total. The number of thioether (sulfide) groups is 1. The van der Waals surface area contributed by atoms with E-state index in [4.69, 9.17) is 5.73 Å². The Hall–Kier alpha value is -0.420. The molecule has 1 heterocycles. The van der Waals surface area contributed by atoms with Crippen LogP contribution in [0.15, 0.2) is 4.90 Å². The smallest absolute Gasteiger partial charge is 0.153 e. The molecule has 0 unspecified atom stereocenters. The average Bonchev–Trinajstić information content (AvgIpc) is 2.41. The van der Waals surface area contributed by atoms with Crippen molar-refractivity contribution >= 4 is 34.1 Å². The van der Waals surface area contributed by atoms with Gasteiger partial charge >= 0.3 is 0 Å². The van der Waals surface area contributed by atoms with Gasteiger partial charge in [-0.25, -0.2) is 0 Å². The zero-order valence-corrected chi connectivity index (χ0v) is 10.7. The summed E-state index contributed by atoms with van der Waals surface area (Å²) in [5, 5.41) is 4.47. The summed E-state index contributed by atoms with van der Waals surface area (Å²) in [6.07, 6.45) is 2.02. The van der Waals surface area contributed by atoms with Crippen LogP contribution in [0.5, 0.6) is 0 Å². The van der Waals surface area contributed by atoms with E-state index >= 15 is 0 Å². The SMILES string of the molecule is CSc1c(N)nsc1NCC(C)(C)C. The predicted molar refractivity (Wildman–Crippen MR) is 66.3 cm³/mol. The maximum Gasteiger partial charge on any atom is 0.153 e. The van der Waals surface area contributed by atoms with Crippen molar-refractivity contribution in [1.82, 2.24) is 4.37 Å². The maximum absolute atomic E-state index is 5.73. The van der Waals surface area contributed by atoms with Gasteiger partial charge in [0.15, 0.2) is 5.82 Å². The zero-order valence-electron chi connectivity index (χ0n) is 9.05. The van der Waals surface area contributed by atoms with E-state index in [1.54, 1.807) is 11.8 Å².